The molecule has 0 bridgehead atoms. The van der Waals surface area contributed by atoms with Gasteiger partial charge in [0, 0.05) is 18.9 Å². The van der Waals surface area contributed by atoms with Crippen LogP contribution in [0.4, 0.5) is 0 Å². The second-order valence-electron chi connectivity index (χ2n) is 6.55. The summed E-state index contributed by atoms with van der Waals surface area (Å²) < 4.78 is 17.9. The lowest BCUT2D eigenvalue weighted by Gasteiger charge is -2.40. The topological polar surface area (TPSA) is 149 Å². The van der Waals surface area contributed by atoms with Crippen LogP contribution in [0.1, 0.15) is 22.2 Å². The molecule has 1 fully saturated rings. The summed E-state index contributed by atoms with van der Waals surface area (Å²) in [6.07, 6.45) is 2.66. The first-order valence-corrected chi connectivity index (χ1v) is 9.58. The number of hydrogen-bond acceptors (Lipinski definition) is 9. The Morgan fingerprint density at radius 1 is 1.31 bits per heavy atom. The summed E-state index contributed by atoms with van der Waals surface area (Å²) in [4.78, 5) is 31.6. The van der Waals surface area contributed by atoms with Crippen molar-refractivity contribution in [1.29, 1.82) is 0 Å². The molecule has 2 atom stereocenters. The third-order valence-electron chi connectivity index (χ3n) is 4.85. The number of morpholine rings is 1. The number of amides is 1. The zero-order chi connectivity index (χ0) is 23.1. The fourth-order valence-corrected chi connectivity index (χ4v) is 3.50. The van der Waals surface area contributed by atoms with Gasteiger partial charge >= 0.3 is 0 Å². The minimum atomic E-state index is -0.596. The molecule has 3 heterocycles. The average Bonchev–Trinajstić information content (AvgIpc) is 3.27. The predicted octanol–water partition coefficient (Wildman–Crippen LogP) is 0.417. The number of ether oxygens (including phenoxy) is 3. The van der Waals surface area contributed by atoms with E-state index in [1.54, 1.807) is 49.7 Å². The molecule has 0 spiro atoms. The van der Waals surface area contributed by atoms with Crippen LogP contribution in [0.5, 0.6) is 11.5 Å². The normalized spacial score (nSPS) is 17.9. The van der Waals surface area contributed by atoms with Gasteiger partial charge in [0.1, 0.15) is 6.10 Å². The first kappa shape index (κ1) is 22.9. The average molecular weight is 445 g/mol. The SMILES string of the molecule is COc1ccc([C@H]2[C@H](CO)OCCN2C(=O)c2nc3ncccn3n2)cc1OC.O=CO. The predicted molar refractivity (Wildman–Crippen MR) is 110 cm³/mol. The van der Waals surface area contributed by atoms with Crippen LogP contribution in [0.2, 0.25) is 0 Å². The highest BCUT2D eigenvalue weighted by molar-refractivity contribution is 5.91. The second kappa shape index (κ2) is 10.5. The molecule has 4 rings (SSSR count). The van der Waals surface area contributed by atoms with E-state index in [1.165, 1.54) is 4.52 Å². The number of carboxylic acid groups (broad SMARTS) is 1. The molecule has 3 aromatic rings. The standard InChI is InChI=1S/C19H21N5O5.CH2O2/c1-27-13-5-4-12(10-14(13)28-2)16-15(11-25)29-9-8-23(16)18(26)17-21-19-20-6-3-7-24(19)22-17;2-1-3/h3-7,10,15-16,25H,8-9,11H2,1-2H3;1H,(H,2,3)/t15-,16-;/m0./s1. The maximum atomic E-state index is 13.3. The molecule has 170 valence electrons. The Morgan fingerprint density at radius 3 is 2.72 bits per heavy atom. The number of fused-ring (bicyclic) bond motifs is 1. The van der Waals surface area contributed by atoms with E-state index in [-0.39, 0.29) is 24.8 Å². The molecule has 12 heteroatoms. The summed E-state index contributed by atoms with van der Waals surface area (Å²) in [5, 5.41) is 21.0. The number of aliphatic hydroxyl groups excluding tert-OH is 1. The Kier molecular flexibility index (Phi) is 7.52. The number of carbonyl (C=O) groups excluding carboxylic acids is 1. The van der Waals surface area contributed by atoms with Gasteiger partial charge in [0.25, 0.3) is 18.2 Å². The fourth-order valence-electron chi connectivity index (χ4n) is 3.50. The van der Waals surface area contributed by atoms with Crippen LogP contribution in [-0.2, 0) is 9.53 Å². The highest BCUT2D eigenvalue weighted by Gasteiger charge is 2.38. The molecular weight excluding hydrogens is 422 g/mol. The van der Waals surface area contributed by atoms with E-state index in [0.29, 0.717) is 30.4 Å². The van der Waals surface area contributed by atoms with Crippen molar-refractivity contribution < 1.29 is 34.0 Å². The first-order valence-electron chi connectivity index (χ1n) is 9.58. The maximum Gasteiger partial charge on any atom is 0.294 e. The Morgan fingerprint density at radius 2 is 2.06 bits per heavy atom. The van der Waals surface area contributed by atoms with Crippen molar-refractivity contribution in [3.8, 4) is 11.5 Å². The van der Waals surface area contributed by atoms with Crippen LogP contribution in [0.3, 0.4) is 0 Å². The number of methoxy groups -OCH3 is 2. The summed E-state index contributed by atoms with van der Waals surface area (Å²) in [7, 11) is 3.09. The van der Waals surface area contributed by atoms with Crippen molar-refractivity contribution in [3.63, 3.8) is 0 Å². The third kappa shape index (κ3) is 4.60. The minimum absolute atomic E-state index is 0.0350. The van der Waals surface area contributed by atoms with Crippen LogP contribution in [0.15, 0.2) is 36.7 Å². The molecule has 1 amide bonds. The van der Waals surface area contributed by atoms with E-state index in [1.807, 2.05) is 6.07 Å². The molecule has 2 N–H and O–H groups in total. The minimum Gasteiger partial charge on any atom is -0.493 e. The van der Waals surface area contributed by atoms with Gasteiger partial charge < -0.3 is 29.3 Å². The molecule has 1 saturated heterocycles. The lowest BCUT2D eigenvalue weighted by molar-refractivity contribution is -0.122. The lowest BCUT2D eigenvalue weighted by Crippen LogP contribution is -2.49. The number of benzene rings is 1. The number of rotatable bonds is 5. The van der Waals surface area contributed by atoms with E-state index in [9.17, 15) is 9.90 Å². The van der Waals surface area contributed by atoms with Crippen molar-refractivity contribution in [2.24, 2.45) is 0 Å². The summed E-state index contributed by atoms with van der Waals surface area (Å²) >= 11 is 0. The van der Waals surface area contributed by atoms with Gasteiger partial charge in [-0.15, -0.1) is 5.10 Å². The molecule has 2 aromatic heterocycles. The van der Waals surface area contributed by atoms with Crippen molar-refractivity contribution in [2.75, 3.05) is 34.0 Å². The van der Waals surface area contributed by atoms with E-state index in [4.69, 9.17) is 24.1 Å². The quantitative estimate of drug-likeness (QED) is 0.529. The van der Waals surface area contributed by atoms with E-state index >= 15 is 0 Å². The van der Waals surface area contributed by atoms with Gasteiger partial charge in [-0.3, -0.25) is 9.59 Å². The summed E-state index contributed by atoms with van der Waals surface area (Å²) in [5.74, 6) is 1.10. The van der Waals surface area contributed by atoms with Gasteiger partial charge in [-0.1, -0.05) is 6.07 Å². The van der Waals surface area contributed by atoms with Gasteiger partial charge in [0.15, 0.2) is 11.5 Å². The largest absolute Gasteiger partial charge is 0.493 e. The van der Waals surface area contributed by atoms with Crippen LogP contribution in [0, 0.1) is 0 Å². The van der Waals surface area contributed by atoms with Gasteiger partial charge in [0.05, 0.1) is 33.5 Å². The number of carbonyl (C=O) groups is 2. The molecule has 0 unspecified atom stereocenters. The van der Waals surface area contributed by atoms with Crippen molar-refractivity contribution in [3.05, 3.63) is 48.0 Å². The smallest absolute Gasteiger partial charge is 0.294 e. The van der Waals surface area contributed by atoms with Crippen LogP contribution < -0.4 is 9.47 Å². The monoisotopic (exact) mass is 445 g/mol. The zero-order valence-corrected chi connectivity index (χ0v) is 17.5. The van der Waals surface area contributed by atoms with Crippen molar-refractivity contribution >= 4 is 18.2 Å². The van der Waals surface area contributed by atoms with Gasteiger partial charge in [0.2, 0.25) is 5.82 Å². The number of aliphatic hydroxyl groups is 1. The summed E-state index contributed by atoms with van der Waals surface area (Å²) in [6.45, 7) is 0.132. The summed E-state index contributed by atoms with van der Waals surface area (Å²) in [6, 6.07) is 6.52. The van der Waals surface area contributed by atoms with Gasteiger partial charge in [-0.05, 0) is 23.8 Å². The van der Waals surface area contributed by atoms with E-state index in [0.717, 1.165) is 5.56 Å². The molecule has 1 aliphatic heterocycles. The van der Waals surface area contributed by atoms with Gasteiger partial charge in [-0.25, -0.2) is 9.50 Å². The lowest BCUT2D eigenvalue weighted by atomic mass is 9.97. The molecule has 1 aromatic carbocycles. The molecule has 1 aliphatic rings. The van der Waals surface area contributed by atoms with E-state index < -0.39 is 12.1 Å². The zero-order valence-electron chi connectivity index (χ0n) is 17.5. The van der Waals surface area contributed by atoms with E-state index in [2.05, 4.69) is 15.1 Å². The highest BCUT2D eigenvalue weighted by Crippen LogP contribution is 2.36. The third-order valence-corrected chi connectivity index (χ3v) is 4.85. The summed E-state index contributed by atoms with van der Waals surface area (Å²) in [5.41, 5.74) is 0.747. The molecule has 0 radical (unpaired) electrons. The van der Waals surface area contributed by atoms with Crippen molar-refractivity contribution in [2.45, 2.75) is 12.1 Å². The number of aromatic nitrogens is 4. The number of nitrogens with zero attached hydrogens (tertiary/aromatic N) is 5. The van der Waals surface area contributed by atoms with Gasteiger partial charge in [-0.2, -0.15) is 4.98 Å². The molecule has 32 heavy (non-hydrogen) atoms. The Hall–Kier alpha value is -3.77. The highest BCUT2D eigenvalue weighted by atomic mass is 16.5. The van der Waals surface area contributed by atoms with Crippen LogP contribution in [-0.4, -0.2) is 87.2 Å². The molecular formula is C20H23N5O7. The Labute approximate surface area is 183 Å². The molecule has 0 saturated carbocycles. The van der Waals surface area contributed by atoms with Crippen LogP contribution in [0.25, 0.3) is 5.78 Å². The second-order valence-corrected chi connectivity index (χ2v) is 6.55. The molecule has 12 nitrogen and oxygen atoms in total. The van der Waals surface area contributed by atoms with Crippen molar-refractivity contribution in [1.82, 2.24) is 24.5 Å². The fraction of sp³-hybridized carbons (Fsp3) is 0.350. The maximum absolute atomic E-state index is 13.3. The Bertz CT molecular complexity index is 1040. The first-order chi connectivity index (χ1) is 15.6. The molecule has 0 aliphatic carbocycles. The Balaban J connectivity index is 0.000000913. The number of hydrogen-bond donors (Lipinski definition) is 2. The van der Waals surface area contributed by atoms with Crippen LogP contribution >= 0.6 is 0 Å².